The van der Waals surface area contributed by atoms with Crippen molar-refractivity contribution in [2.45, 2.75) is 52.7 Å². The van der Waals surface area contributed by atoms with Crippen LogP contribution in [0, 0.1) is 26.6 Å². The summed E-state index contributed by atoms with van der Waals surface area (Å²) in [7, 11) is 6.98. The summed E-state index contributed by atoms with van der Waals surface area (Å²) < 4.78 is 30.5. The highest BCUT2D eigenvalue weighted by Gasteiger charge is 2.25. The molecule has 9 heteroatoms. The van der Waals surface area contributed by atoms with E-state index in [1.807, 2.05) is 32.1 Å². The number of carbonyl (C=O) groups excluding carboxylic acids is 3. The predicted molar refractivity (Wildman–Crippen MR) is 158 cm³/mol. The van der Waals surface area contributed by atoms with Crippen LogP contribution < -0.4 is 0 Å². The molecule has 2 aromatic carbocycles. The average Bonchev–Trinajstić information content (AvgIpc) is 2.83. The van der Waals surface area contributed by atoms with Gasteiger partial charge in [0.2, 0.25) is 0 Å². The topological polar surface area (TPSA) is 85.4 Å². The fourth-order valence-corrected chi connectivity index (χ4v) is 4.40. The molecule has 0 unspecified atom stereocenters. The maximum Gasteiger partial charge on any atom is 0.320 e. The number of likely N-dealkylation sites (N-methyl/N-ethyl adjacent to an activating group) is 2. The van der Waals surface area contributed by atoms with E-state index in [2.05, 4.69) is 0 Å². The van der Waals surface area contributed by atoms with Crippen LogP contribution in [0.1, 0.15) is 42.0 Å². The molecule has 0 spiro atoms. The molecule has 2 atom stereocenters. The fourth-order valence-electron chi connectivity index (χ4n) is 4.40. The van der Waals surface area contributed by atoms with Crippen LogP contribution in [-0.4, -0.2) is 87.8 Å². The van der Waals surface area contributed by atoms with E-state index in [0.717, 1.165) is 27.8 Å². The van der Waals surface area contributed by atoms with Crippen LogP contribution in [0.5, 0.6) is 0 Å². The Bertz CT molecular complexity index is 1240. The highest BCUT2D eigenvalue weighted by molar-refractivity contribution is 5.79. The molecule has 0 amide bonds. The number of hydrogen-bond donors (Lipinski definition) is 0. The van der Waals surface area contributed by atoms with E-state index in [9.17, 15) is 18.8 Å². The quantitative estimate of drug-likeness (QED) is 0.238. The van der Waals surface area contributed by atoms with Crippen molar-refractivity contribution in [2.75, 3.05) is 47.9 Å². The van der Waals surface area contributed by atoms with Gasteiger partial charge in [0.1, 0.15) is 18.0 Å². The summed E-state index contributed by atoms with van der Waals surface area (Å²) in [5, 5.41) is 0. The molecule has 2 rings (SSSR count). The minimum Gasteiger partial charge on any atom is -0.466 e. The van der Waals surface area contributed by atoms with Crippen LogP contribution in [0.25, 0.3) is 17.2 Å². The zero-order valence-corrected chi connectivity index (χ0v) is 25.5. The molecule has 0 aromatic heterocycles. The van der Waals surface area contributed by atoms with E-state index in [1.54, 1.807) is 70.0 Å². The number of carbonyl (C=O) groups is 3. The van der Waals surface area contributed by atoms with Gasteiger partial charge in [0.15, 0.2) is 0 Å². The molecule has 41 heavy (non-hydrogen) atoms. The van der Waals surface area contributed by atoms with E-state index in [0.29, 0.717) is 5.56 Å². The van der Waals surface area contributed by atoms with Crippen molar-refractivity contribution in [3.63, 3.8) is 0 Å². The number of nitrogens with zero attached hydrogens (tertiary/aromatic N) is 2. The Morgan fingerprint density at radius 1 is 0.878 bits per heavy atom. The van der Waals surface area contributed by atoms with Gasteiger partial charge in [-0.25, -0.2) is 4.39 Å². The molecule has 0 aliphatic carbocycles. The van der Waals surface area contributed by atoms with E-state index in [-0.39, 0.29) is 38.4 Å². The Morgan fingerprint density at radius 3 is 2.10 bits per heavy atom. The lowest BCUT2D eigenvalue weighted by molar-refractivity contribution is -0.158. The van der Waals surface area contributed by atoms with E-state index < -0.39 is 30.1 Å². The van der Waals surface area contributed by atoms with Crippen molar-refractivity contribution in [2.24, 2.45) is 0 Å². The molecular formula is C32H43FN2O6. The highest BCUT2D eigenvalue weighted by Crippen LogP contribution is 2.31. The summed E-state index contributed by atoms with van der Waals surface area (Å²) in [4.78, 5) is 40.9. The summed E-state index contributed by atoms with van der Waals surface area (Å²) in [6.45, 7) is 7.67. The van der Waals surface area contributed by atoms with Gasteiger partial charge in [-0.1, -0.05) is 29.8 Å². The smallest absolute Gasteiger partial charge is 0.320 e. The van der Waals surface area contributed by atoms with Crippen molar-refractivity contribution in [3.8, 4) is 11.1 Å². The maximum atomic E-state index is 14.0. The summed E-state index contributed by atoms with van der Waals surface area (Å²) in [6, 6.07) is 9.05. The van der Waals surface area contributed by atoms with Gasteiger partial charge >= 0.3 is 17.9 Å². The van der Waals surface area contributed by atoms with Gasteiger partial charge in [-0.15, -0.1) is 0 Å². The molecule has 0 aliphatic rings. The van der Waals surface area contributed by atoms with Crippen LogP contribution in [0.3, 0.4) is 0 Å². The maximum absolute atomic E-state index is 14.0. The van der Waals surface area contributed by atoms with Crippen molar-refractivity contribution < 1.29 is 33.0 Å². The third-order valence-electron chi connectivity index (χ3n) is 6.14. The molecule has 0 heterocycles. The lowest BCUT2D eigenvalue weighted by Gasteiger charge is -2.23. The van der Waals surface area contributed by atoms with E-state index in [1.165, 1.54) is 6.07 Å². The molecule has 0 aliphatic heterocycles. The Kier molecular flexibility index (Phi) is 13.2. The molecule has 2 aromatic rings. The van der Waals surface area contributed by atoms with Gasteiger partial charge in [-0.3, -0.25) is 24.2 Å². The first-order chi connectivity index (χ1) is 19.3. The van der Waals surface area contributed by atoms with E-state index in [4.69, 9.17) is 14.2 Å². The molecule has 8 nitrogen and oxygen atoms in total. The first kappa shape index (κ1) is 33.6. The van der Waals surface area contributed by atoms with Gasteiger partial charge in [-0.05, 0) is 102 Å². The van der Waals surface area contributed by atoms with Crippen molar-refractivity contribution in [1.29, 1.82) is 0 Å². The molecule has 0 saturated heterocycles. The number of rotatable bonds is 14. The SMILES string of the molecule is CCOC(=O)C[C@@H](C[C@@H](C=Cc1c(C)cc(C)cc1-c1ccc(F)c(C)c1)OC(=O)CN(C)C)OC(=O)CN(C)C. The second-order valence-electron chi connectivity index (χ2n) is 10.7. The fraction of sp³-hybridized carbons (Fsp3) is 0.469. The number of benzene rings is 2. The third kappa shape index (κ3) is 11.4. The number of halogens is 1. The van der Waals surface area contributed by atoms with Crippen LogP contribution in [-0.2, 0) is 28.6 Å². The van der Waals surface area contributed by atoms with Gasteiger partial charge in [-0.2, -0.15) is 0 Å². The molecular weight excluding hydrogens is 527 g/mol. The van der Waals surface area contributed by atoms with Crippen LogP contribution in [0.4, 0.5) is 4.39 Å². The zero-order chi connectivity index (χ0) is 30.7. The van der Waals surface area contributed by atoms with Crippen molar-refractivity contribution in [1.82, 2.24) is 9.80 Å². The summed E-state index contributed by atoms with van der Waals surface area (Å²) in [6.07, 6.45) is 1.80. The van der Waals surface area contributed by atoms with Crippen LogP contribution >= 0.6 is 0 Å². The largest absolute Gasteiger partial charge is 0.466 e. The average molecular weight is 571 g/mol. The standard InChI is InChI=1S/C32H43FN2O6/c1-9-39-30(36)18-26(41-32(38)20-35(7)8)17-25(40-31(37)19-34(5)6)11-12-27-22(3)14-21(2)15-28(27)24-10-13-29(33)23(4)16-24/h10-16,25-26H,9,17-20H2,1-8H3/t25-,26-/m1/s1. The monoisotopic (exact) mass is 570 g/mol. The molecule has 224 valence electrons. The van der Waals surface area contributed by atoms with Gasteiger partial charge < -0.3 is 14.2 Å². The summed E-state index contributed by atoms with van der Waals surface area (Å²) in [5.74, 6) is -1.76. The van der Waals surface area contributed by atoms with Gasteiger partial charge in [0.05, 0.1) is 26.1 Å². The second kappa shape index (κ2) is 16.0. The zero-order valence-electron chi connectivity index (χ0n) is 25.5. The molecule has 0 N–H and O–H groups in total. The van der Waals surface area contributed by atoms with Crippen LogP contribution in [0.15, 0.2) is 36.4 Å². The Labute approximate surface area is 243 Å². The highest BCUT2D eigenvalue weighted by atomic mass is 19.1. The van der Waals surface area contributed by atoms with E-state index >= 15 is 0 Å². The number of ether oxygens (including phenoxy) is 3. The Balaban J connectivity index is 2.48. The van der Waals surface area contributed by atoms with Gasteiger partial charge in [0.25, 0.3) is 0 Å². The first-order valence-electron chi connectivity index (χ1n) is 13.7. The van der Waals surface area contributed by atoms with Crippen LogP contribution in [0.2, 0.25) is 0 Å². The van der Waals surface area contributed by atoms with Crippen molar-refractivity contribution in [3.05, 3.63) is 64.5 Å². The molecule has 0 saturated carbocycles. The van der Waals surface area contributed by atoms with Gasteiger partial charge in [0, 0.05) is 6.42 Å². The summed E-state index contributed by atoms with van der Waals surface area (Å²) >= 11 is 0. The lowest BCUT2D eigenvalue weighted by atomic mass is 9.92. The number of hydrogen-bond acceptors (Lipinski definition) is 8. The minimum atomic E-state index is -0.873. The normalized spacial score (nSPS) is 13.0. The lowest BCUT2D eigenvalue weighted by Crippen LogP contribution is -2.33. The first-order valence-corrected chi connectivity index (χ1v) is 13.7. The minimum absolute atomic E-state index is 0.0310. The second-order valence-corrected chi connectivity index (χ2v) is 10.7. The number of aryl methyl sites for hydroxylation is 3. The number of esters is 3. The van der Waals surface area contributed by atoms with Crippen molar-refractivity contribution >= 4 is 24.0 Å². The molecule has 0 fully saturated rings. The molecule has 0 radical (unpaired) electrons. The Morgan fingerprint density at radius 2 is 1.51 bits per heavy atom. The third-order valence-corrected chi connectivity index (χ3v) is 6.14. The predicted octanol–water partition coefficient (Wildman–Crippen LogP) is 4.72. The summed E-state index contributed by atoms with van der Waals surface area (Å²) in [5.41, 5.74) is 5.20. The molecule has 0 bridgehead atoms. The Hall–Kier alpha value is -3.56.